The Morgan fingerprint density at radius 2 is 2.11 bits per heavy atom. The monoisotopic (exact) mass is 270 g/mol. The van der Waals surface area contributed by atoms with Gasteiger partial charge in [0, 0.05) is 0 Å². The van der Waals surface area contributed by atoms with Crippen LogP contribution in [0.3, 0.4) is 0 Å². The van der Waals surface area contributed by atoms with Crippen LogP contribution in [-0.4, -0.2) is 43.1 Å². The van der Waals surface area contributed by atoms with Crippen molar-refractivity contribution in [2.45, 2.75) is 19.1 Å². The lowest BCUT2D eigenvalue weighted by atomic mass is 10.0. The fourth-order valence-corrected chi connectivity index (χ4v) is 1.68. The number of methoxy groups -OCH3 is 1. The van der Waals surface area contributed by atoms with Crippen LogP contribution in [0.5, 0.6) is 11.5 Å². The lowest BCUT2D eigenvalue weighted by molar-refractivity contribution is -0.141. The number of carbonyl (C=O) groups excluding carboxylic acids is 1. The van der Waals surface area contributed by atoms with E-state index in [0.717, 1.165) is 0 Å². The van der Waals surface area contributed by atoms with Gasteiger partial charge in [0.25, 0.3) is 6.47 Å². The zero-order chi connectivity index (χ0) is 14.3. The third-order valence-electron chi connectivity index (χ3n) is 2.55. The number of hydrogen-bond donors (Lipinski definition) is 2. The van der Waals surface area contributed by atoms with Crippen molar-refractivity contribution in [1.29, 1.82) is 0 Å². The smallest absolute Gasteiger partial charge is 0.293 e. The number of hydrogen-bond acceptors (Lipinski definition) is 6. The molecule has 106 valence electrons. The molecule has 1 rings (SSSR count). The first kappa shape index (κ1) is 15.3. The number of carbonyl (C=O) groups is 1. The van der Waals surface area contributed by atoms with Crippen molar-refractivity contribution in [3.05, 3.63) is 23.8 Å². The molecule has 1 aromatic carbocycles. The van der Waals surface area contributed by atoms with E-state index in [9.17, 15) is 9.90 Å². The lowest BCUT2D eigenvalue weighted by Gasteiger charge is -2.21. The van der Waals surface area contributed by atoms with Crippen LogP contribution in [0.15, 0.2) is 18.2 Å². The van der Waals surface area contributed by atoms with E-state index in [1.165, 1.54) is 7.11 Å². The van der Waals surface area contributed by atoms with Gasteiger partial charge in [-0.1, -0.05) is 6.07 Å². The first-order valence-corrected chi connectivity index (χ1v) is 5.86. The Morgan fingerprint density at radius 3 is 2.63 bits per heavy atom. The van der Waals surface area contributed by atoms with Gasteiger partial charge >= 0.3 is 0 Å². The molecule has 2 atom stereocenters. The highest BCUT2D eigenvalue weighted by molar-refractivity contribution is 5.45. The number of aliphatic hydroxyl groups is 2. The van der Waals surface area contributed by atoms with Crippen molar-refractivity contribution in [3.8, 4) is 11.5 Å². The van der Waals surface area contributed by atoms with E-state index in [1.54, 1.807) is 18.2 Å². The van der Waals surface area contributed by atoms with Gasteiger partial charge in [-0.25, -0.2) is 0 Å². The summed E-state index contributed by atoms with van der Waals surface area (Å²) in [4.78, 5) is 10.5. The minimum Gasteiger partial charge on any atom is -0.493 e. The van der Waals surface area contributed by atoms with Gasteiger partial charge in [0.05, 0.1) is 20.3 Å². The lowest BCUT2D eigenvalue weighted by Crippen LogP contribution is -2.24. The van der Waals surface area contributed by atoms with Gasteiger partial charge < -0.3 is 24.4 Å². The fourth-order valence-electron chi connectivity index (χ4n) is 1.68. The molecule has 0 aliphatic carbocycles. The first-order valence-electron chi connectivity index (χ1n) is 5.86. The summed E-state index contributed by atoms with van der Waals surface area (Å²) in [6.07, 6.45) is -2.15. The van der Waals surface area contributed by atoms with Crippen molar-refractivity contribution in [2.75, 3.05) is 20.3 Å². The van der Waals surface area contributed by atoms with E-state index in [-0.39, 0.29) is 6.47 Å². The molecule has 0 radical (unpaired) electrons. The van der Waals surface area contributed by atoms with Gasteiger partial charge in [0.2, 0.25) is 0 Å². The highest BCUT2D eigenvalue weighted by atomic mass is 16.5. The Kier molecular flexibility index (Phi) is 6.11. The quantitative estimate of drug-likeness (QED) is 0.675. The summed E-state index contributed by atoms with van der Waals surface area (Å²) in [5.41, 5.74) is 0.508. The van der Waals surface area contributed by atoms with Gasteiger partial charge in [0.1, 0.15) is 6.10 Å². The average Bonchev–Trinajstić information content (AvgIpc) is 2.45. The predicted octanol–water partition coefficient (Wildman–Crippen LogP) is 0.661. The molecule has 2 N–H and O–H groups in total. The zero-order valence-electron chi connectivity index (χ0n) is 10.9. The maximum atomic E-state index is 10.5. The number of rotatable bonds is 8. The fraction of sp³-hybridized carbons (Fsp3) is 0.462. The molecule has 2 unspecified atom stereocenters. The summed E-state index contributed by atoms with van der Waals surface area (Å²) in [5.74, 6) is 1.01. The van der Waals surface area contributed by atoms with Crippen LogP contribution in [0.1, 0.15) is 18.6 Å². The predicted molar refractivity (Wildman–Crippen MR) is 67.1 cm³/mol. The van der Waals surface area contributed by atoms with Crippen molar-refractivity contribution < 1.29 is 29.2 Å². The van der Waals surface area contributed by atoms with Crippen LogP contribution >= 0.6 is 0 Å². The highest BCUT2D eigenvalue weighted by Gasteiger charge is 2.23. The third-order valence-corrected chi connectivity index (χ3v) is 2.55. The molecular weight excluding hydrogens is 252 g/mol. The van der Waals surface area contributed by atoms with Gasteiger partial charge in [-0.3, -0.25) is 4.79 Å². The zero-order valence-corrected chi connectivity index (χ0v) is 10.9. The van der Waals surface area contributed by atoms with Crippen LogP contribution in [0.25, 0.3) is 0 Å². The third kappa shape index (κ3) is 3.84. The summed E-state index contributed by atoms with van der Waals surface area (Å²) < 4.78 is 15.3. The van der Waals surface area contributed by atoms with Crippen LogP contribution in [0, 0.1) is 0 Å². The van der Waals surface area contributed by atoms with Crippen molar-refractivity contribution in [1.82, 2.24) is 0 Å². The number of ether oxygens (including phenoxy) is 3. The van der Waals surface area contributed by atoms with Crippen LogP contribution in [0.2, 0.25) is 0 Å². The second-order valence-electron chi connectivity index (χ2n) is 3.75. The molecular formula is C13H18O6. The number of benzene rings is 1. The van der Waals surface area contributed by atoms with E-state index >= 15 is 0 Å². The Hall–Kier alpha value is -1.79. The van der Waals surface area contributed by atoms with E-state index in [4.69, 9.17) is 19.3 Å². The SMILES string of the molecule is CCOc1ccc(C(OC=O)C(O)CO)cc1OC. The van der Waals surface area contributed by atoms with Crippen molar-refractivity contribution in [3.63, 3.8) is 0 Å². The standard InChI is InChI=1S/C13H18O6/c1-3-18-11-5-4-9(6-12(11)17-2)13(19-8-15)10(16)7-14/h4-6,8,10,13-14,16H,3,7H2,1-2H3. The number of aliphatic hydroxyl groups excluding tert-OH is 2. The van der Waals surface area contributed by atoms with E-state index in [1.807, 2.05) is 6.92 Å². The van der Waals surface area contributed by atoms with Crippen molar-refractivity contribution >= 4 is 6.47 Å². The summed E-state index contributed by atoms with van der Waals surface area (Å²) in [6.45, 7) is 2.05. The summed E-state index contributed by atoms with van der Waals surface area (Å²) in [7, 11) is 1.49. The molecule has 0 aromatic heterocycles. The molecule has 0 bridgehead atoms. The molecule has 0 aliphatic heterocycles. The molecule has 0 spiro atoms. The topological polar surface area (TPSA) is 85.2 Å². The molecule has 0 amide bonds. The molecule has 0 aliphatic rings. The van der Waals surface area contributed by atoms with Crippen LogP contribution < -0.4 is 9.47 Å². The van der Waals surface area contributed by atoms with Crippen LogP contribution in [0.4, 0.5) is 0 Å². The molecule has 1 aromatic rings. The van der Waals surface area contributed by atoms with Gasteiger partial charge in [-0.2, -0.15) is 0 Å². The minimum atomic E-state index is -1.20. The van der Waals surface area contributed by atoms with E-state index in [2.05, 4.69) is 0 Å². The molecule has 0 saturated carbocycles. The molecule has 6 nitrogen and oxygen atoms in total. The molecule has 6 heteroatoms. The van der Waals surface area contributed by atoms with Gasteiger partial charge in [-0.15, -0.1) is 0 Å². The summed E-state index contributed by atoms with van der Waals surface area (Å²) in [6, 6.07) is 4.89. The largest absolute Gasteiger partial charge is 0.493 e. The Morgan fingerprint density at radius 1 is 1.37 bits per heavy atom. The Balaban J connectivity index is 3.06. The molecule has 0 saturated heterocycles. The van der Waals surface area contributed by atoms with Crippen LogP contribution in [-0.2, 0) is 9.53 Å². The van der Waals surface area contributed by atoms with Crippen molar-refractivity contribution in [2.24, 2.45) is 0 Å². The normalized spacial score (nSPS) is 13.5. The first-order chi connectivity index (χ1) is 9.17. The average molecular weight is 270 g/mol. The molecule has 19 heavy (non-hydrogen) atoms. The maximum absolute atomic E-state index is 10.5. The molecule has 0 fully saturated rings. The minimum absolute atomic E-state index is 0.229. The van der Waals surface area contributed by atoms with Gasteiger partial charge in [0.15, 0.2) is 17.6 Å². The molecule has 0 heterocycles. The summed E-state index contributed by atoms with van der Waals surface area (Å²) in [5, 5.41) is 18.6. The highest BCUT2D eigenvalue weighted by Crippen LogP contribution is 2.32. The van der Waals surface area contributed by atoms with Gasteiger partial charge in [-0.05, 0) is 24.6 Å². The Labute approximate surface area is 111 Å². The second kappa shape index (κ2) is 7.60. The second-order valence-corrected chi connectivity index (χ2v) is 3.75. The Bertz CT molecular complexity index is 406. The maximum Gasteiger partial charge on any atom is 0.293 e. The van der Waals surface area contributed by atoms with E-state index in [0.29, 0.717) is 23.7 Å². The summed E-state index contributed by atoms with van der Waals surface area (Å²) >= 11 is 0. The van der Waals surface area contributed by atoms with E-state index < -0.39 is 18.8 Å².